The first-order valence-electron chi connectivity index (χ1n) is 10.6. The highest BCUT2D eigenvalue weighted by Gasteiger charge is 2.08. The molecule has 168 valence electrons. The van der Waals surface area contributed by atoms with E-state index in [0.717, 1.165) is 34.1 Å². The summed E-state index contributed by atoms with van der Waals surface area (Å²) in [6, 6.07) is 13.5. The number of ether oxygens (including phenoxy) is 2. The average molecular weight is 515 g/mol. The molecule has 2 aromatic carbocycles. The number of hydrogen-bond acceptors (Lipinski definition) is 5. The molecule has 0 spiro atoms. The Hall–Kier alpha value is -2.64. The predicted molar refractivity (Wildman–Crippen MR) is 136 cm³/mol. The summed E-state index contributed by atoms with van der Waals surface area (Å²) in [7, 11) is 1.62. The van der Waals surface area contributed by atoms with E-state index < -0.39 is 0 Å². The molecule has 0 unspecified atom stereocenters. The molecule has 0 aliphatic heterocycles. The van der Waals surface area contributed by atoms with E-state index in [0.29, 0.717) is 23.2 Å². The van der Waals surface area contributed by atoms with Crippen molar-refractivity contribution < 1.29 is 14.3 Å². The minimum atomic E-state index is -0.240. The third kappa shape index (κ3) is 7.21. The number of rotatable bonds is 11. The highest BCUT2D eigenvalue weighted by atomic mass is 79.9. The summed E-state index contributed by atoms with van der Waals surface area (Å²) < 4.78 is 12.3. The molecule has 0 saturated heterocycles. The maximum Gasteiger partial charge on any atom is 0.250 e. The number of hydrogen-bond donors (Lipinski definition) is 1. The number of benzene rings is 2. The molecule has 0 radical (unpaired) electrons. The molecule has 7 heteroatoms. The summed E-state index contributed by atoms with van der Waals surface area (Å²) in [6.07, 6.45) is 7.84. The first-order chi connectivity index (χ1) is 15.6. The number of nitrogens with one attached hydrogen (secondary N) is 1. The Balaban J connectivity index is 1.57. The highest BCUT2D eigenvalue weighted by Crippen LogP contribution is 2.29. The van der Waals surface area contributed by atoms with Gasteiger partial charge in [0, 0.05) is 21.5 Å². The van der Waals surface area contributed by atoms with E-state index >= 15 is 0 Å². The molecule has 0 aliphatic carbocycles. The van der Waals surface area contributed by atoms with Gasteiger partial charge in [0.15, 0.2) is 16.6 Å². The van der Waals surface area contributed by atoms with Crippen LogP contribution in [0.2, 0.25) is 0 Å². The number of nitrogens with zero attached hydrogens (tertiary/aromatic N) is 1. The molecule has 0 saturated carbocycles. The van der Waals surface area contributed by atoms with Gasteiger partial charge in [-0.05, 0) is 42.3 Å². The van der Waals surface area contributed by atoms with Crippen molar-refractivity contribution in [3.05, 3.63) is 64.0 Å². The lowest BCUT2D eigenvalue weighted by Gasteiger charge is -2.11. The zero-order valence-corrected chi connectivity index (χ0v) is 20.7. The van der Waals surface area contributed by atoms with E-state index in [-0.39, 0.29) is 5.91 Å². The SMILES string of the molecule is CCCCCCOc1ccc(/C=C/C(=O)Nc2nc(-c3cccc(Br)c3)cs2)cc1OC. The summed E-state index contributed by atoms with van der Waals surface area (Å²) in [5.41, 5.74) is 2.67. The molecule has 3 aromatic rings. The number of halogens is 1. The van der Waals surface area contributed by atoms with Crippen LogP contribution in [0.4, 0.5) is 5.13 Å². The summed E-state index contributed by atoms with van der Waals surface area (Å²) in [6.45, 7) is 2.86. The van der Waals surface area contributed by atoms with Gasteiger partial charge in [-0.1, -0.05) is 60.3 Å². The largest absolute Gasteiger partial charge is 0.493 e. The lowest BCUT2D eigenvalue weighted by atomic mass is 10.2. The second kappa shape index (κ2) is 12.4. The number of carbonyl (C=O) groups is 1. The van der Waals surface area contributed by atoms with Gasteiger partial charge in [0.25, 0.3) is 0 Å². The van der Waals surface area contributed by atoms with Crippen LogP contribution in [0.25, 0.3) is 17.3 Å². The van der Waals surface area contributed by atoms with Gasteiger partial charge in [-0.2, -0.15) is 0 Å². The Labute approximate surface area is 201 Å². The van der Waals surface area contributed by atoms with E-state index in [1.807, 2.05) is 47.8 Å². The third-order valence-corrected chi connectivity index (χ3v) is 5.98. The summed E-state index contributed by atoms with van der Waals surface area (Å²) in [5, 5.41) is 5.29. The van der Waals surface area contributed by atoms with Crippen LogP contribution in [-0.4, -0.2) is 24.6 Å². The maximum absolute atomic E-state index is 12.3. The summed E-state index contributed by atoms with van der Waals surface area (Å²) in [4.78, 5) is 16.8. The zero-order chi connectivity index (χ0) is 22.8. The first kappa shape index (κ1) is 24.0. The van der Waals surface area contributed by atoms with Gasteiger partial charge in [-0.15, -0.1) is 11.3 Å². The monoisotopic (exact) mass is 514 g/mol. The van der Waals surface area contributed by atoms with Crippen LogP contribution in [-0.2, 0) is 4.79 Å². The van der Waals surface area contributed by atoms with Crippen molar-refractivity contribution in [1.29, 1.82) is 0 Å². The molecular weight excluding hydrogens is 488 g/mol. The Bertz CT molecular complexity index is 1060. The van der Waals surface area contributed by atoms with Crippen LogP contribution < -0.4 is 14.8 Å². The smallest absolute Gasteiger partial charge is 0.250 e. The quantitative estimate of drug-likeness (QED) is 0.217. The van der Waals surface area contributed by atoms with Gasteiger partial charge in [0.1, 0.15) is 0 Å². The van der Waals surface area contributed by atoms with Crippen LogP contribution in [0.5, 0.6) is 11.5 Å². The summed E-state index contributed by atoms with van der Waals surface area (Å²) in [5.74, 6) is 1.13. The second-order valence-electron chi connectivity index (χ2n) is 7.19. The molecule has 5 nitrogen and oxygen atoms in total. The predicted octanol–water partition coefficient (Wildman–Crippen LogP) is 7.19. The summed E-state index contributed by atoms with van der Waals surface area (Å²) >= 11 is 4.86. The maximum atomic E-state index is 12.3. The molecule has 0 atom stereocenters. The third-order valence-electron chi connectivity index (χ3n) is 4.72. The fourth-order valence-corrected chi connectivity index (χ4v) is 4.17. The van der Waals surface area contributed by atoms with Crippen molar-refractivity contribution in [3.63, 3.8) is 0 Å². The first-order valence-corrected chi connectivity index (χ1v) is 12.3. The van der Waals surface area contributed by atoms with Crippen molar-refractivity contribution >= 4 is 44.4 Å². The number of carbonyl (C=O) groups excluding carboxylic acids is 1. The van der Waals surface area contributed by atoms with Crippen LogP contribution >= 0.6 is 27.3 Å². The number of anilines is 1. The molecule has 1 N–H and O–H groups in total. The molecular formula is C25H27BrN2O3S. The minimum absolute atomic E-state index is 0.240. The number of methoxy groups -OCH3 is 1. The number of unbranched alkanes of at least 4 members (excludes halogenated alkanes) is 3. The van der Waals surface area contributed by atoms with Crippen molar-refractivity contribution in [1.82, 2.24) is 4.98 Å². The Morgan fingerprint density at radius 1 is 1.16 bits per heavy atom. The van der Waals surface area contributed by atoms with Crippen molar-refractivity contribution in [3.8, 4) is 22.8 Å². The fourth-order valence-electron chi connectivity index (χ4n) is 3.05. The fraction of sp³-hybridized carbons (Fsp3) is 0.280. The number of aromatic nitrogens is 1. The van der Waals surface area contributed by atoms with Crippen LogP contribution in [0.3, 0.4) is 0 Å². The molecule has 3 rings (SSSR count). The Morgan fingerprint density at radius 2 is 2.03 bits per heavy atom. The molecule has 1 amide bonds. The highest BCUT2D eigenvalue weighted by molar-refractivity contribution is 9.10. The molecule has 32 heavy (non-hydrogen) atoms. The van der Waals surface area contributed by atoms with Crippen molar-refractivity contribution in [2.45, 2.75) is 32.6 Å². The molecule has 1 aromatic heterocycles. The number of amides is 1. The lowest BCUT2D eigenvalue weighted by molar-refractivity contribution is -0.111. The molecule has 0 bridgehead atoms. The second-order valence-corrected chi connectivity index (χ2v) is 8.96. The van der Waals surface area contributed by atoms with E-state index in [2.05, 4.69) is 33.2 Å². The lowest BCUT2D eigenvalue weighted by Crippen LogP contribution is -2.07. The van der Waals surface area contributed by atoms with Gasteiger partial charge in [0.05, 0.1) is 19.4 Å². The van der Waals surface area contributed by atoms with E-state index in [4.69, 9.17) is 9.47 Å². The average Bonchev–Trinajstić information content (AvgIpc) is 3.26. The Morgan fingerprint density at radius 3 is 2.81 bits per heavy atom. The van der Waals surface area contributed by atoms with Gasteiger partial charge in [-0.3, -0.25) is 10.1 Å². The van der Waals surface area contributed by atoms with Gasteiger partial charge >= 0.3 is 0 Å². The van der Waals surface area contributed by atoms with Crippen molar-refractivity contribution in [2.24, 2.45) is 0 Å². The van der Waals surface area contributed by atoms with E-state index in [1.165, 1.54) is 30.3 Å². The van der Waals surface area contributed by atoms with Gasteiger partial charge < -0.3 is 9.47 Å². The number of thiazole rings is 1. The van der Waals surface area contributed by atoms with Crippen LogP contribution in [0, 0.1) is 0 Å². The normalized spacial score (nSPS) is 11.0. The van der Waals surface area contributed by atoms with E-state index in [9.17, 15) is 4.79 Å². The van der Waals surface area contributed by atoms with Crippen molar-refractivity contribution in [2.75, 3.05) is 19.0 Å². The van der Waals surface area contributed by atoms with Crippen LogP contribution in [0.15, 0.2) is 58.4 Å². The standard InChI is InChI=1S/C25H27BrN2O3S/c1-3-4-5-6-14-31-22-12-10-18(15-23(22)30-2)11-13-24(29)28-25-27-21(17-32-25)19-8-7-9-20(26)16-19/h7-13,15-17H,3-6,14H2,1-2H3,(H,27,28,29)/b13-11+. The molecule has 0 aliphatic rings. The zero-order valence-electron chi connectivity index (χ0n) is 18.3. The van der Waals surface area contributed by atoms with Gasteiger partial charge in [0.2, 0.25) is 5.91 Å². The van der Waals surface area contributed by atoms with E-state index in [1.54, 1.807) is 13.2 Å². The molecule has 0 fully saturated rings. The molecule has 1 heterocycles. The topological polar surface area (TPSA) is 60.5 Å². The van der Waals surface area contributed by atoms with Crippen LogP contribution in [0.1, 0.15) is 38.2 Å². The van der Waals surface area contributed by atoms with Gasteiger partial charge in [-0.25, -0.2) is 4.98 Å². The minimum Gasteiger partial charge on any atom is -0.493 e. The Kier molecular flexibility index (Phi) is 9.31.